The van der Waals surface area contributed by atoms with Gasteiger partial charge in [-0.15, -0.1) is 0 Å². The summed E-state index contributed by atoms with van der Waals surface area (Å²) in [4.78, 5) is 18.7. The molecule has 10 heteroatoms. The number of fused-ring (bicyclic) bond motifs is 1. The van der Waals surface area contributed by atoms with Crippen molar-refractivity contribution < 1.29 is 13.2 Å². The van der Waals surface area contributed by atoms with E-state index in [9.17, 15) is 13.2 Å². The quantitative estimate of drug-likeness (QED) is 0.635. The molecule has 0 bridgehead atoms. The standard InChI is InChI=1S/C19H15Cl3N2O3S2/c20-12-3-1-11(2-4-12)7-18(25)23-19-24(13-5-6-14(21)15(22)8-13)16-9-29(26,27)10-17(16)28-19/h1-6,8,16-17H,7,9-10H2/t16-,17-/m0/s1. The van der Waals surface area contributed by atoms with Gasteiger partial charge in [-0.2, -0.15) is 4.99 Å². The Morgan fingerprint density at radius 2 is 1.79 bits per heavy atom. The van der Waals surface area contributed by atoms with Crippen LogP contribution in [0.4, 0.5) is 5.69 Å². The number of aliphatic imine (C=N–C) groups is 1. The summed E-state index contributed by atoms with van der Waals surface area (Å²) in [6.45, 7) is 0. The summed E-state index contributed by atoms with van der Waals surface area (Å²) in [7, 11) is -3.14. The number of hydrogen-bond donors (Lipinski definition) is 0. The monoisotopic (exact) mass is 488 g/mol. The van der Waals surface area contributed by atoms with Crippen LogP contribution in [-0.4, -0.2) is 42.3 Å². The van der Waals surface area contributed by atoms with Gasteiger partial charge < -0.3 is 4.90 Å². The molecule has 2 fully saturated rings. The van der Waals surface area contributed by atoms with E-state index in [1.807, 2.05) is 0 Å². The van der Waals surface area contributed by atoms with E-state index in [2.05, 4.69) is 4.99 Å². The molecule has 2 saturated heterocycles. The van der Waals surface area contributed by atoms with Gasteiger partial charge in [-0.05, 0) is 35.9 Å². The number of halogens is 3. The minimum Gasteiger partial charge on any atom is -0.316 e. The van der Waals surface area contributed by atoms with E-state index in [4.69, 9.17) is 34.8 Å². The highest BCUT2D eigenvalue weighted by molar-refractivity contribution is 8.16. The summed E-state index contributed by atoms with van der Waals surface area (Å²) in [6.07, 6.45) is 0.129. The van der Waals surface area contributed by atoms with Crippen LogP contribution < -0.4 is 4.90 Å². The molecule has 2 aromatic carbocycles. The van der Waals surface area contributed by atoms with Gasteiger partial charge in [0.25, 0.3) is 5.91 Å². The summed E-state index contributed by atoms with van der Waals surface area (Å²) in [5, 5.41) is 1.64. The van der Waals surface area contributed by atoms with Crippen LogP contribution in [0.25, 0.3) is 0 Å². The maximum Gasteiger partial charge on any atom is 0.252 e. The molecular formula is C19H15Cl3N2O3S2. The fourth-order valence-electron chi connectivity index (χ4n) is 3.42. The number of amidine groups is 1. The lowest BCUT2D eigenvalue weighted by Crippen LogP contribution is -2.37. The predicted molar refractivity (Wildman–Crippen MR) is 120 cm³/mol. The first-order chi connectivity index (χ1) is 13.7. The molecule has 0 spiro atoms. The highest BCUT2D eigenvalue weighted by Crippen LogP contribution is 2.42. The van der Waals surface area contributed by atoms with E-state index in [0.29, 0.717) is 25.9 Å². The summed E-state index contributed by atoms with van der Waals surface area (Å²) < 4.78 is 24.3. The summed E-state index contributed by atoms with van der Waals surface area (Å²) in [6, 6.07) is 11.8. The van der Waals surface area contributed by atoms with Crippen LogP contribution in [0.3, 0.4) is 0 Å². The molecule has 2 aliphatic heterocycles. The van der Waals surface area contributed by atoms with Gasteiger partial charge in [0, 0.05) is 16.0 Å². The first-order valence-electron chi connectivity index (χ1n) is 8.69. The lowest BCUT2D eigenvalue weighted by atomic mass is 10.1. The fourth-order valence-corrected chi connectivity index (χ4v) is 7.77. The predicted octanol–water partition coefficient (Wildman–Crippen LogP) is 4.49. The van der Waals surface area contributed by atoms with Crippen molar-refractivity contribution in [3.63, 3.8) is 0 Å². The molecule has 0 saturated carbocycles. The average molecular weight is 490 g/mol. The average Bonchev–Trinajstić information content (AvgIpc) is 3.10. The van der Waals surface area contributed by atoms with Crippen molar-refractivity contribution in [1.82, 2.24) is 0 Å². The number of rotatable bonds is 3. The second kappa shape index (κ2) is 8.12. The number of benzene rings is 2. The molecule has 2 atom stereocenters. The zero-order valence-corrected chi connectivity index (χ0v) is 18.8. The maximum absolute atomic E-state index is 12.6. The van der Waals surface area contributed by atoms with Crippen molar-refractivity contribution >= 4 is 73.2 Å². The normalized spacial score (nSPS) is 24.1. The van der Waals surface area contributed by atoms with Gasteiger partial charge in [-0.3, -0.25) is 4.79 Å². The zero-order valence-electron chi connectivity index (χ0n) is 14.9. The highest BCUT2D eigenvalue weighted by atomic mass is 35.5. The molecule has 4 rings (SSSR count). The highest BCUT2D eigenvalue weighted by Gasteiger charge is 2.49. The number of carbonyl (C=O) groups is 1. The molecule has 0 radical (unpaired) electrons. The largest absolute Gasteiger partial charge is 0.316 e. The van der Waals surface area contributed by atoms with Crippen LogP contribution in [0.5, 0.6) is 0 Å². The van der Waals surface area contributed by atoms with Gasteiger partial charge in [0.05, 0.1) is 34.0 Å². The van der Waals surface area contributed by atoms with E-state index in [-0.39, 0.29) is 35.1 Å². The molecule has 2 aliphatic rings. The number of anilines is 1. The molecule has 0 N–H and O–H groups in total. The van der Waals surface area contributed by atoms with Crippen molar-refractivity contribution in [2.24, 2.45) is 4.99 Å². The van der Waals surface area contributed by atoms with Crippen molar-refractivity contribution in [3.8, 4) is 0 Å². The fraction of sp³-hybridized carbons (Fsp3) is 0.263. The van der Waals surface area contributed by atoms with E-state index in [1.54, 1.807) is 47.4 Å². The summed E-state index contributed by atoms with van der Waals surface area (Å²) in [5.41, 5.74) is 1.46. The Hall–Kier alpha value is -1.25. The van der Waals surface area contributed by atoms with Crippen LogP contribution in [0.15, 0.2) is 47.5 Å². The number of carbonyl (C=O) groups excluding carboxylic acids is 1. The lowest BCUT2D eigenvalue weighted by Gasteiger charge is -2.24. The minimum atomic E-state index is -3.14. The third-order valence-electron chi connectivity index (χ3n) is 4.74. The third kappa shape index (κ3) is 4.59. The first-order valence-corrected chi connectivity index (χ1v) is 12.5. The SMILES string of the molecule is O=C(Cc1ccc(Cl)cc1)N=C1S[C@H]2CS(=O)(=O)C[C@@H]2N1c1ccc(Cl)c(Cl)c1. The molecule has 0 aromatic heterocycles. The molecule has 1 amide bonds. The Bertz CT molecular complexity index is 1100. The smallest absolute Gasteiger partial charge is 0.252 e. The minimum absolute atomic E-state index is 0.00923. The van der Waals surface area contributed by atoms with E-state index < -0.39 is 9.84 Å². The number of nitrogens with zero attached hydrogens (tertiary/aromatic N) is 2. The van der Waals surface area contributed by atoms with Gasteiger partial charge >= 0.3 is 0 Å². The van der Waals surface area contributed by atoms with Crippen molar-refractivity contribution in [2.45, 2.75) is 17.7 Å². The Morgan fingerprint density at radius 1 is 1.07 bits per heavy atom. The molecule has 5 nitrogen and oxygen atoms in total. The van der Waals surface area contributed by atoms with Gasteiger partial charge in [0.1, 0.15) is 0 Å². The van der Waals surface area contributed by atoms with Gasteiger partial charge in [-0.1, -0.05) is 58.7 Å². The van der Waals surface area contributed by atoms with Gasteiger partial charge in [0.15, 0.2) is 15.0 Å². The summed E-state index contributed by atoms with van der Waals surface area (Å²) in [5.74, 6) is -0.248. The molecule has 2 heterocycles. The second-order valence-corrected chi connectivity index (χ2v) is 11.5. The molecule has 0 aliphatic carbocycles. The molecule has 152 valence electrons. The number of thioether (sulfide) groups is 1. The van der Waals surface area contributed by atoms with Gasteiger partial charge in [0.2, 0.25) is 0 Å². The second-order valence-electron chi connectivity index (χ2n) is 6.86. The molecular weight excluding hydrogens is 475 g/mol. The van der Waals surface area contributed by atoms with Crippen molar-refractivity contribution in [2.75, 3.05) is 16.4 Å². The Balaban J connectivity index is 1.65. The number of hydrogen-bond acceptors (Lipinski definition) is 4. The maximum atomic E-state index is 12.6. The summed E-state index contributed by atoms with van der Waals surface area (Å²) >= 11 is 19.4. The van der Waals surface area contributed by atoms with Crippen molar-refractivity contribution in [1.29, 1.82) is 0 Å². The van der Waals surface area contributed by atoms with Crippen LogP contribution in [0, 0.1) is 0 Å². The molecule has 0 unspecified atom stereocenters. The van der Waals surface area contributed by atoms with E-state index >= 15 is 0 Å². The number of amides is 1. The van der Waals surface area contributed by atoms with Crippen LogP contribution in [0.1, 0.15) is 5.56 Å². The lowest BCUT2D eigenvalue weighted by molar-refractivity contribution is -0.117. The zero-order chi connectivity index (χ0) is 20.8. The van der Waals surface area contributed by atoms with Crippen LogP contribution >= 0.6 is 46.6 Å². The Kier molecular flexibility index (Phi) is 5.88. The Labute approximate surface area is 188 Å². The third-order valence-corrected chi connectivity index (χ3v) is 8.94. The molecule has 2 aromatic rings. The van der Waals surface area contributed by atoms with Crippen molar-refractivity contribution in [3.05, 3.63) is 63.1 Å². The van der Waals surface area contributed by atoms with Crippen LogP contribution in [0.2, 0.25) is 15.1 Å². The topological polar surface area (TPSA) is 66.8 Å². The molecule has 29 heavy (non-hydrogen) atoms. The van der Waals surface area contributed by atoms with E-state index in [1.165, 1.54) is 11.8 Å². The van der Waals surface area contributed by atoms with Crippen LogP contribution in [-0.2, 0) is 21.1 Å². The first kappa shape index (κ1) is 21.0. The van der Waals surface area contributed by atoms with E-state index in [0.717, 1.165) is 5.56 Å². The number of sulfone groups is 1. The Morgan fingerprint density at radius 3 is 2.48 bits per heavy atom. The van der Waals surface area contributed by atoms with Gasteiger partial charge in [-0.25, -0.2) is 8.42 Å².